The van der Waals surface area contributed by atoms with Crippen LogP contribution in [-0.4, -0.2) is 46.4 Å². The number of aliphatic hydroxyl groups excluding tert-OH is 1. The predicted octanol–water partition coefficient (Wildman–Crippen LogP) is 1.91. The molecule has 2 N–H and O–H groups in total. The van der Waals surface area contributed by atoms with Crippen LogP contribution in [0.5, 0.6) is 5.75 Å². The quantitative estimate of drug-likeness (QED) is 0.783. The molecule has 0 aliphatic heterocycles. The monoisotopic (exact) mass is 367 g/mol. The number of fused-ring (bicyclic) bond motifs is 1. The number of ether oxygens (including phenoxy) is 1. The van der Waals surface area contributed by atoms with Gasteiger partial charge in [0.1, 0.15) is 11.8 Å². The largest absolute Gasteiger partial charge is 0.506 e. The third-order valence-corrected chi connectivity index (χ3v) is 3.91. The zero-order valence-corrected chi connectivity index (χ0v) is 15.5. The molecule has 0 spiro atoms. The standard InChI is InChI=1S/C17H21N3O4.ClH/c1-5-24-17(23)15-13(9-21)20(4)12-6-10(7-18)16(22)11(14(12)15)8-19(2)3;/h6,21-22H,5,8-9H2,1-4H3;1H. The Kier molecular flexibility index (Phi) is 6.82. The summed E-state index contributed by atoms with van der Waals surface area (Å²) < 4.78 is 6.78. The fourth-order valence-corrected chi connectivity index (χ4v) is 2.88. The summed E-state index contributed by atoms with van der Waals surface area (Å²) in [4.78, 5) is 14.3. The molecule has 8 heteroatoms. The number of carbonyl (C=O) groups is 1. The highest BCUT2D eigenvalue weighted by Crippen LogP contribution is 2.37. The molecule has 25 heavy (non-hydrogen) atoms. The van der Waals surface area contributed by atoms with E-state index in [9.17, 15) is 20.3 Å². The number of hydrogen-bond acceptors (Lipinski definition) is 6. The van der Waals surface area contributed by atoms with Gasteiger partial charge in [-0.15, -0.1) is 12.4 Å². The number of nitriles is 1. The summed E-state index contributed by atoms with van der Waals surface area (Å²) in [7, 11) is 5.35. The number of phenolic OH excluding ortho intramolecular Hbond substituents is 1. The molecule has 0 radical (unpaired) electrons. The number of hydrogen-bond donors (Lipinski definition) is 2. The highest BCUT2D eigenvalue weighted by molar-refractivity contribution is 6.08. The van der Waals surface area contributed by atoms with E-state index in [2.05, 4.69) is 0 Å². The second-order valence-corrected chi connectivity index (χ2v) is 5.75. The van der Waals surface area contributed by atoms with Crippen molar-refractivity contribution in [3.05, 3.63) is 28.5 Å². The van der Waals surface area contributed by atoms with Crippen molar-refractivity contribution < 1.29 is 19.7 Å². The van der Waals surface area contributed by atoms with Crippen molar-refractivity contribution in [1.82, 2.24) is 9.47 Å². The average molecular weight is 368 g/mol. The summed E-state index contributed by atoms with van der Waals surface area (Å²) in [5.74, 6) is -0.712. The maximum Gasteiger partial charge on any atom is 0.340 e. The first-order chi connectivity index (χ1) is 11.4. The second kappa shape index (κ2) is 8.21. The summed E-state index contributed by atoms with van der Waals surface area (Å²) in [5, 5.41) is 30.0. The van der Waals surface area contributed by atoms with Gasteiger partial charge in [-0.25, -0.2) is 4.79 Å². The topological polar surface area (TPSA) is 98.7 Å². The normalized spacial score (nSPS) is 10.6. The van der Waals surface area contributed by atoms with E-state index in [1.165, 1.54) is 6.07 Å². The molecule has 0 amide bonds. The van der Waals surface area contributed by atoms with Gasteiger partial charge >= 0.3 is 5.97 Å². The van der Waals surface area contributed by atoms with Gasteiger partial charge in [-0.2, -0.15) is 5.26 Å². The summed E-state index contributed by atoms with van der Waals surface area (Å²) in [6.45, 7) is 1.88. The molecular weight excluding hydrogens is 346 g/mol. The van der Waals surface area contributed by atoms with Crippen LogP contribution in [0.2, 0.25) is 0 Å². The smallest absolute Gasteiger partial charge is 0.340 e. The maximum atomic E-state index is 12.4. The lowest BCUT2D eigenvalue weighted by atomic mass is 10.00. The summed E-state index contributed by atoms with van der Waals surface area (Å²) in [5.41, 5.74) is 1.80. The molecule has 7 nitrogen and oxygen atoms in total. The molecule has 2 rings (SSSR count). The lowest BCUT2D eigenvalue weighted by Gasteiger charge is -2.14. The van der Waals surface area contributed by atoms with Crippen LogP contribution < -0.4 is 0 Å². The minimum Gasteiger partial charge on any atom is -0.506 e. The van der Waals surface area contributed by atoms with Gasteiger partial charge in [0.05, 0.1) is 35.6 Å². The number of nitrogens with zero attached hydrogens (tertiary/aromatic N) is 3. The molecule has 0 aliphatic carbocycles. The zero-order chi connectivity index (χ0) is 18.0. The Balaban J connectivity index is 0.00000312. The van der Waals surface area contributed by atoms with Crippen LogP contribution >= 0.6 is 12.4 Å². The van der Waals surface area contributed by atoms with Gasteiger partial charge in [-0.1, -0.05) is 0 Å². The van der Waals surface area contributed by atoms with Gasteiger partial charge in [-0.05, 0) is 27.1 Å². The minimum absolute atomic E-state index is 0. The number of carbonyl (C=O) groups excluding carboxylic acids is 1. The van der Waals surface area contributed by atoms with Gasteiger partial charge in [0.2, 0.25) is 0 Å². The van der Waals surface area contributed by atoms with Crippen molar-refractivity contribution in [2.45, 2.75) is 20.1 Å². The third-order valence-electron chi connectivity index (χ3n) is 3.91. The predicted molar refractivity (Wildman–Crippen MR) is 95.8 cm³/mol. The first kappa shape index (κ1) is 20.8. The Morgan fingerprint density at radius 1 is 1.44 bits per heavy atom. The van der Waals surface area contributed by atoms with E-state index in [0.29, 0.717) is 28.7 Å². The number of rotatable bonds is 5. The Morgan fingerprint density at radius 3 is 2.56 bits per heavy atom. The number of benzene rings is 1. The lowest BCUT2D eigenvalue weighted by molar-refractivity contribution is 0.0524. The number of aromatic hydroxyl groups is 1. The maximum absolute atomic E-state index is 12.4. The molecule has 1 heterocycles. The molecule has 0 unspecified atom stereocenters. The van der Waals surface area contributed by atoms with Gasteiger partial charge in [-0.3, -0.25) is 0 Å². The lowest BCUT2D eigenvalue weighted by Crippen LogP contribution is -2.13. The van der Waals surface area contributed by atoms with Crippen LogP contribution in [-0.2, 0) is 24.9 Å². The molecule has 0 bridgehead atoms. The Morgan fingerprint density at radius 2 is 2.08 bits per heavy atom. The first-order valence-corrected chi connectivity index (χ1v) is 7.56. The molecule has 0 saturated heterocycles. The summed E-state index contributed by atoms with van der Waals surface area (Å²) >= 11 is 0. The fraction of sp³-hybridized carbons (Fsp3) is 0.412. The molecule has 1 aromatic carbocycles. The number of aryl methyl sites for hydroxylation is 1. The highest BCUT2D eigenvalue weighted by atomic mass is 35.5. The van der Waals surface area contributed by atoms with Crippen molar-refractivity contribution >= 4 is 29.3 Å². The van der Waals surface area contributed by atoms with E-state index in [4.69, 9.17) is 4.74 Å². The van der Waals surface area contributed by atoms with Crippen LogP contribution in [0, 0.1) is 11.3 Å². The van der Waals surface area contributed by atoms with Crippen molar-refractivity contribution in [3.8, 4) is 11.8 Å². The van der Waals surface area contributed by atoms with Gasteiger partial charge in [0.25, 0.3) is 0 Å². The van der Waals surface area contributed by atoms with E-state index >= 15 is 0 Å². The first-order valence-electron chi connectivity index (χ1n) is 7.56. The molecule has 0 saturated carbocycles. The zero-order valence-electron chi connectivity index (χ0n) is 14.7. The fourth-order valence-electron chi connectivity index (χ4n) is 2.88. The Bertz CT molecular complexity index is 837. The van der Waals surface area contributed by atoms with Crippen LogP contribution in [0.1, 0.15) is 34.1 Å². The van der Waals surface area contributed by atoms with Crippen LogP contribution in [0.4, 0.5) is 0 Å². The molecular formula is C17H22ClN3O4. The molecule has 2 aromatic rings. The number of aromatic nitrogens is 1. The molecule has 1 aromatic heterocycles. The van der Waals surface area contributed by atoms with E-state index in [-0.39, 0.29) is 42.5 Å². The van der Waals surface area contributed by atoms with Crippen molar-refractivity contribution in [2.75, 3.05) is 20.7 Å². The van der Waals surface area contributed by atoms with Crippen molar-refractivity contribution in [1.29, 1.82) is 5.26 Å². The van der Waals surface area contributed by atoms with Crippen LogP contribution in [0.3, 0.4) is 0 Å². The van der Waals surface area contributed by atoms with Crippen molar-refractivity contribution in [2.24, 2.45) is 7.05 Å². The van der Waals surface area contributed by atoms with E-state index in [1.54, 1.807) is 18.5 Å². The average Bonchev–Trinajstić information content (AvgIpc) is 2.81. The van der Waals surface area contributed by atoms with Gasteiger partial charge in [0, 0.05) is 24.5 Å². The number of phenols is 1. The molecule has 136 valence electrons. The third kappa shape index (κ3) is 3.56. The minimum atomic E-state index is -0.559. The van der Waals surface area contributed by atoms with Crippen molar-refractivity contribution in [3.63, 3.8) is 0 Å². The number of esters is 1. The highest BCUT2D eigenvalue weighted by Gasteiger charge is 2.27. The Labute approximate surface area is 152 Å². The van der Waals surface area contributed by atoms with E-state index in [0.717, 1.165) is 0 Å². The molecule has 0 aliphatic rings. The summed E-state index contributed by atoms with van der Waals surface area (Å²) in [6, 6.07) is 3.49. The molecule has 0 atom stereocenters. The van der Waals surface area contributed by atoms with E-state index < -0.39 is 5.97 Å². The number of halogens is 1. The van der Waals surface area contributed by atoms with E-state index in [1.807, 2.05) is 25.1 Å². The van der Waals surface area contributed by atoms with Gasteiger partial charge < -0.3 is 24.4 Å². The van der Waals surface area contributed by atoms with Crippen LogP contribution in [0.25, 0.3) is 10.9 Å². The Hall–Kier alpha value is -2.27. The summed E-state index contributed by atoms with van der Waals surface area (Å²) in [6.07, 6.45) is 0. The van der Waals surface area contributed by atoms with Crippen LogP contribution in [0.15, 0.2) is 6.07 Å². The van der Waals surface area contributed by atoms with Gasteiger partial charge in [0.15, 0.2) is 0 Å². The second-order valence-electron chi connectivity index (χ2n) is 5.75. The molecule has 0 fully saturated rings. The number of aliphatic hydroxyl groups is 1. The SMILES string of the molecule is CCOC(=O)c1c(CO)n(C)c2cc(C#N)c(O)c(CN(C)C)c12.Cl.